The Morgan fingerprint density at radius 2 is 2.00 bits per heavy atom. The molecule has 0 aliphatic carbocycles. The van der Waals surface area contributed by atoms with E-state index in [9.17, 15) is 4.39 Å². The summed E-state index contributed by atoms with van der Waals surface area (Å²) in [4.78, 5) is 0. The van der Waals surface area contributed by atoms with Crippen LogP contribution in [0.25, 0.3) is 0 Å². The van der Waals surface area contributed by atoms with Gasteiger partial charge in [0.15, 0.2) is 5.08 Å². The second-order valence-electron chi connectivity index (χ2n) is 2.48. The van der Waals surface area contributed by atoms with Gasteiger partial charge < -0.3 is 0 Å². The fraction of sp³-hybridized carbons (Fsp3) is 1.00. The highest BCUT2D eigenvalue weighted by molar-refractivity contribution is 9.09. The van der Waals surface area contributed by atoms with Crippen molar-refractivity contribution in [1.82, 2.24) is 0 Å². The van der Waals surface area contributed by atoms with Gasteiger partial charge in [-0.3, -0.25) is 0 Å². The van der Waals surface area contributed by atoms with Gasteiger partial charge in [0.25, 0.3) is 0 Å². The fourth-order valence-electron chi connectivity index (χ4n) is 0.615. The molecule has 0 bridgehead atoms. The van der Waals surface area contributed by atoms with E-state index in [0.29, 0.717) is 12.3 Å². The van der Waals surface area contributed by atoms with Crippen LogP contribution in [-0.4, -0.2) is 5.08 Å². The summed E-state index contributed by atoms with van der Waals surface area (Å²) in [5.41, 5.74) is 0. The maximum Gasteiger partial charge on any atom is 0.154 e. The number of rotatable bonds is 4. The maximum atomic E-state index is 12.1. The average molecular weight is 197 g/mol. The lowest BCUT2D eigenvalue weighted by molar-refractivity contribution is 0.388. The van der Waals surface area contributed by atoms with E-state index in [1.807, 2.05) is 0 Å². The number of alkyl halides is 2. The first kappa shape index (κ1) is 9.41. The van der Waals surface area contributed by atoms with Crippen molar-refractivity contribution >= 4 is 15.9 Å². The minimum Gasteiger partial charge on any atom is -0.235 e. The lowest BCUT2D eigenvalue weighted by Gasteiger charge is -2.06. The van der Waals surface area contributed by atoms with Crippen LogP contribution >= 0.6 is 15.9 Å². The lowest BCUT2D eigenvalue weighted by atomic mass is 10.0. The van der Waals surface area contributed by atoms with E-state index in [-0.39, 0.29) is 0 Å². The molecule has 0 aromatic rings. The van der Waals surface area contributed by atoms with Gasteiger partial charge in [-0.15, -0.1) is 0 Å². The van der Waals surface area contributed by atoms with Crippen LogP contribution < -0.4 is 0 Å². The Bertz CT molecular complexity index is 63.9. The molecule has 0 rings (SSSR count). The van der Waals surface area contributed by atoms with Gasteiger partial charge in [0, 0.05) is 0 Å². The Hall–Kier alpha value is 0.410. The van der Waals surface area contributed by atoms with E-state index in [1.165, 1.54) is 0 Å². The van der Waals surface area contributed by atoms with Gasteiger partial charge in [-0.2, -0.15) is 0 Å². The molecule has 0 N–H and O–H groups in total. The molecule has 0 nitrogen and oxygen atoms in total. The summed E-state index contributed by atoms with van der Waals surface area (Å²) < 4.78 is 12.1. The van der Waals surface area contributed by atoms with Crippen molar-refractivity contribution in [2.45, 2.75) is 38.2 Å². The molecule has 0 spiro atoms. The first-order valence-electron chi connectivity index (χ1n) is 3.45. The van der Waals surface area contributed by atoms with Crippen molar-refractivity contribution in [3.8, 4) is 0 Å². The second-order valence-corrected chi connectivity index (χ2v) is 3.48. The van der Waals surface area contributed by atoms with E-state index in [0.717, 1.165) is 12.8 Å². The molecule has 1 unspecified atom stereocenters. The van der Waals surface area contributed by atoms with E-state index in [2.05, 4.69) is 29.8 Å². The Morgan fingerprint density at radius 3 is 2.33 bits per heavy atom. The highest BCUT2D eigenvalue weighted by Gasteiger charge is 2.03. The molecule has 0 saturated heterocycles. The normalized spacial score (nSPS) is 17.3. The second kappa shape index (κ2) is 5.21. The van der Waals surface area contributed by atoms with Crippen LogP contribution in [0.4, 0.5) is 4.39 Å². The fourth-order valence-corrected chi connectivity index (χ4v) is 0.879. The van der Waals surface area contributed by atoms with Gasteiger partial charge in [0.1, 0.15) is 0 Å². The molecule has 0 aliphatic heterocycles. The van der Waals surface area contributed by atoms with Gasteiger partial charge in [-0.05, 0) is 18.8 Å². The van der Waals surface area contributed by atoms with Crippen LogP contribution in [0.5, 0.6) is 0 Å². The third-order valence-electron chi connectivity index (χ3n) is 1.57. The van der Waals surface area contributed by atoms with Crippen LogP contribution in [-0.2, 0) is 0 Å². The monoisotopic (exact) mass is 196 g/mol. The first-order chi connectivity index (χ1) is 4.16. The standard InChI is InChI=1S/C7H14BrF/c1-3-6(2)4-5-7(8)9/h6-7H,3-5H2,1-2H3/t6-,7?/m1/s1. The summed E-state index contributed by atoms with van der Waals surface area (Å²) in [6.45, 7) is 4.28. The first-order valence-corrected chi connectivity index (χ1v) is 4.36. The van der Waals surface area contributed by atoms with Crippen LogP contribution in [0.1, 0.15) is 33.1 Å². The van der Waals surface area contributed by atoms with Gasteiger partial charge in [0.2, 0.25) is 0 Å². The molecule has 0 aliphatic rings. The summed E-state index contributed by atoms with van der Waals surface area (Å²) in [5.74, 6) is 0.667. The van der Waals surface area contributed by atoms with Crippen molar-refractivity contribution < 1.29 is 4.39 Å². The smallest absolute Gasteiger partial charge is 0.154 e. The topological polar surface area (TPSA) is 0 Å². The van der Waals surface area contributed by atoms with Crippen LogP contribution in [0.2, 0.25) is 0 Å². The van der Waals surface area contributed by atoms with Gasteiger partial charge in [-0.25, -0.2) is 4.39 Å². The summed E-state index contributed by atoms with van der Waals surface area (Å²) >= 11 is 2.87. The molecular formula is C7H14BrF. The SMILES string of the molecule is CC[C@@H](C)CCC(F)Br. The quantitative estimate of drug-likeness (QED) is 0.605. The molecule has 0 aromatic carbocycles. The van der Waals surface area contributed by atoms with E-state index in [1.54, 1.807) is 0 Å². The predicted octanol–water partition coefficient (Wildman–Crippen LogP) is 3.50. The zero-order chi connectivity index (χ0) is 7.28. The van der Waals surface area contributed by atoms with Crippen LogP contribution in [0, 0.1) is 5.92 Å². The third kappa shape index (κ3) is 6.29. The molecule has 56 valence electrons. The number of halogens is 2. The number of hydrogen-bond donors (Lipinski definition) is 0. The average Bonchev–Trinajstić information content (AvgIpc) is 1.83. The van der Waals surface area contributed by atoms with Crippen molar-refractivity contribution in [3.05, 3.63) is 0 Å². The van der Waals surface area contributed by atoms with Crippen LogP contribution in [0.15, 0.2) is 0 Å². The summed E-state index contributed by atoms with van der Waals surface area (Å²) in [6.07, 6.45) is 2.79. The molecule has 2 heteroatoms. The van der Waals surface area contributed by atoms with Gasteiger partial charge in [-0.1, -0.05) is 36.2 Å². The zero-order valence-electron chi connectivity index (χ0n) is 6.03. The molecule has 0 fully saturated rings. The zero-order valence-corrected chi connectivity index (χ0v) is 7.62. The maximum absolute atomic E-state index is 12.1. The van der Waals surface area contributed by atoms with Crippen molar-refractivity contribution in [2.75, 3.05) is 0 Å². The molecule has 0 aromatic heterocycles. The van der Waals surface area contributed by atoms with Crippen LogP contribution in [0.3, 0.4) is 0 Å². The van der Waals surface area contributed by atoms with Gasteiger partial charge in [0.05, 0.1) is 0 Å². The Kier molecular flexibility index (Phi) is 5.45. The lowest BCUT2D eigenvalue weighted by Crippen LogP contribution is -1.95. The Morgan fingerprint density at radius 1 is 1.44 bits per heavy atom. The minimum absolute atomic E-state index is 0.648. The Labute approximate surface area is 65.0 Å². The van der Waals surface area contributed by atoms with E-state index in [4.69, 9.17) is 0 Å². The molecule has 0 amide bonds. The highest BCUT2D eigenvalue weighted by Crippen LogP contribution is 2.15. The minimum atomic E-state index is -0.800. The Balaban J connectivity index is 3.06. The highest BCUT2D eigenvalue weighted by atomic mass is 79.9. The summed E-state index contributed by atoms with van der Waals surface area (Å²) in [5, 5.41) is -0.800. The van der Waals surface area contributed by atoms with Crippen molar-refractivity contribution in [1.29, 1.82) is 0 Å². The molecule has 0 saturated carbocycles. The van der Waals surface area contributed by atoms with E-state index < -0.39 is 5.08 Å². The third-order valence-corrected chi connectivity index (χ3v) is 2.03. The number of hydrogen-bond acceptors (Lipinski definition) is 0. The summed E-state index contributed by atoms with van der Waals surface area (Å²) in [7, 11) is 0. The van der Waals surface area contributed by atoms with Crippen molar-refractivity contribution in [3.63, 3.8) is 0 Å². The summed E-state index contributed by atoms with van der Waals surface area (Å²) in [6, 6.07) is 0. The molecule has 0 heterocycles. The molecule has 0 radical (unpaired) electrons. The predicted molar refractivity (Wildman–Crippen MR) is 42.5 cm³/mol. The molecule has 2 atom stereocenters. The van der Waals surface area contributed by atoms with Crippen molar-refractivity contribution in [2.24, 2.45) is 5.92 Å². The molecule has 9 heavy (non-hydrogen) atoms. The largest absolute Gasteiger partial charge is 0.235 e. The molecular weight excluding hydrogens is 183 g/mol. The van der Waals surface area contributed by atoms with Gasteiger partial charge >= 0.3 is 0 Å². The van der Waals surface area contributed by atoms with E-state index >= 15 is 0 Å².